The molecule has 0 aliphatic rings. The van der Waals surface area contributed by atoms with Gasteiger partial charge in [0.15, 0.2) is 6.61 Å². The maximum Gasteiger partial charge on any atom is 0.328 e. The van der Waals surface area contributed by atoms with Crippen LogP contribution in [-0.4, -0.2) is 30.4 Å². The molecule has 0 spiro atoms. The summed E-state index contributed by atoms with van der Waals surface area (Å²) in [7, 11) is 0. The molecular weight excluding hydrogens is 391 g/mol. The van der Waals surface area contributed by atoms with Gasteiger partial charge in [0.1, 0.15) is 6.04 Å². The number of amides is 2. The lowest BCUT2D eigenvalue weighted by atomic mass is 10.2. The third-order valence-corrected chi connectivity index (χ3v) is 4.43. The summed E-state index contributed by atoms with van der Waals surface area (Å²) in [6.45, 7) is 2.70. The molecule has 2 aromatic rings. The number of nitrogens with one attached hydrogen (secondary N) is 2. The lowest BCUT2D eigenvalue weighted by Crippen LogP contribution is -2.40. The van der Waals surface area contributed by atoms with Crippen LogP contribution in [0.25, 0.3) is 0 Å². The highest BCUT2D eigenvalue weighted by atomic mass is 35.5. The summed E-state index contributed by atoms with van der Waals surface area (Å²) in [5.41, 5.74) is 1.41. The second-order valence-corrected chi connectivity index (χ2v) is 6.56. The lowest BCUT2D eigenvalue weighted by Gasteiger charge is -2.14. The zero-order valence-electron chi connectivity index (χ0n) is 14.7. The number of aryl methyl sites for hydroxylation is 1. The van der Waals surface area contributed by atoms with Crippen molar-refractivity contribution in [2.75, 3.05) is 11.9 Å². The van der Waals surface area contributed by atoms with Gasteiger partial charge in [0.05, 0.1) is 15.7 Å². The number of ether oxygens (including phenoxy) is 1. The van der Waals surface area contributed by atoms with E-state index in [1.807, 2.05) is 0 Å². The second-order valence-electron chi connectivity index (χ2n) is 5.77. The summed E-state index contributed by atoms with van der Waals surface area (Å²) in [5, 5.41) is 5.60. The van der Waals surface area contributed by atoms with Crippen molar-refractivity contribution in [3.8, 4) is 0 Å². The number of hydrogen-bond donors (Lipinski definition) is 2. The Labute approximate surface area is 166 Å². The fourth-order valence-electron chi connectivity index (χ4n) is 2.14. The van der Waals surface area contributed by atoms with Crippen molar-refractivity contribution in [3.05, 3.63) is 63.6 Å². The zero-order valence-corrected chi connectivity index (χ0v) is 16.2. The molecule has 0 bridgehead atoms. The molecule has 27 heavy (non-hydrogen) atoms. The smallest absolute Gasteiger partial charge is 0.328 e. The van der Waals surface area contributed by atoms with E-state index in [4.69, 9.17) is 27.9 Å². The number of benzene rings is 2. The number of hydrogen-bond acceptors (Lipinski definition) is 4. The topological polar surface area (TPSA) is 84.5 Å². The summed E-state index contributed by atoms with van der Waals surface area (Å²) in [6, 6.07) is 10.8. The van der Waals surface area contributed by atoms with Gasteiger partial charge in [-0.05, 0) is 37.6 Å². The Morgan fingerprint density at radius 2 is 1.74 bits per heavy atom. The molecule has 0 saturated carbocycles. The van der Waals surface area contributed by atoms with Crippen LogP contribution in [0.1, 0.15) is 22.8 Å². The predicted octanol–water partition coefficient (Wildman–Crippen LogP) is 3.60. The fraction of sp³-hybridized carbons (Fsp3) is 0.211. The molecule has 0 heterocycles. The van der Waals surface area contributed by atoms with Crippen LogP contribution < -0.4 is 10.6 Å². The first-order valence-corrected chi connectivity index (χ1v) is 8.82. The molecule has 0 aliphatic carbocycles. The molecule has 8 heteroatoms. The van der Waals surface area contributed by atoms with Crippen molar-refractivity contribution in [1.29, 1.82) is 0 Å². The van der Waals surface area contributed by atoms with E-state index in [9.17, 15) is 14.4 Å². The van der Waals surface area contributed by atoms with Crippen LogP contribution >= 0.6 is 23.2 Å². The minimum absolute atomic E-state index is 0.254. The monoisotopic (exact) mass is 408 g/mol. The van der Waals surface area contributed by atoms with E-state index < -0.39 is 30.4 Å². The number of carbonyl (C=O) groups is 3. The molecule has 1 atom stereocenters. The van der Waals surface area contributed by atoms with Crippen molar-refractivity contribution in [2.45, 2.75) is 19.9 Å². The van der Waals surface area contributed by atoms with Gasteiger partial charge in [0, 0.05) is 5.56 Å². The normalized spacial score (nSPS) is 11.4. The standard InChI is InChI=1S/C19H18Cl2N2O4/c1-11-8-9-14(20)17(16(11)21)23-15(24)10-27-19(26)12(2)22-18(25)13-6-4-3-5-7-13/h3-9,12H,10H2,1-2H3,(H,22,25)(H,23,24)/t12-/m0/s1. The van der Waals surface area contributed by atoms with Crippen molar-refractivity contribution in [2.24, 2.45) is 0 Å². The molecule has 2 N–H and O–H groups in total. The van der Waals surface area contributed by atoms with Gasteiger partial charge < -0.3 is 15.4 Å². The summed E-state index contributed by atoms with van der Waals surface area (Å²) in [6.07, 6.45) is 0. The zero-order chi connectivity index (χ0) is 20.0. The summed E-state index contributed by atoms with van der Waals surface area (Å²) in [4.78, 5) is 36.0. The first-order valence-electron chi connectivity index (χ1n) is 8.06. The third kappa shape index (κ3) is 5.70. The van der Waals surface area contributed by atoms with E-state index in [1.165, 1.54) is 6.92 Å². The molecule has 2 aromatic carbocycles. The number of halogens is 2. The molecule has 2 rings (SSSR count). The van der Waals surface area contributed by atoms with Gasteiger partial charge in [-0.1, -0.05) is 47.5 Å². The van der Waals surface area contributed by atoms with Crippen LogP contribution in [0.3, 0.4) is 0 Å². The highest BCUT2D eigenvalue weighted by Crippen LogP contribution is 2.32. The second kappa shape index (κ2) is 9.39. The lowest BCUT2D eigenvalue weighted by molar-refractivity contribution is -0.148. The number of anilines is 1. The molecule has 0 fully saturated rings. The molecule has 0 aromatic heterocycles. The van der Waals surface area contributed by atoms with Gasteiger partial charge in [0.25, 0.3) is 11.8 Å². The van der Waals surface area contributed by atoms with E-state index >= 15 is 0 Å². The molecule has 0 saturated heterocycles. The molecule has 0 aliphatic heterocycles. The van der Waals surface area contributed by atoms with Crippen LogP contribution in [0.5, 0.6) is 0 Å². The SMILES string of the molecule is Cc1ccc(Cl)c(NC(=O)COC(=O)[C@H](C)NC(=O)c2ccccc2)c1Cl. The van der Waals surface area contributed by atoms with E-state index in [0.29, 0.717) is 10.6 Å². The molecule has 6 nitrogen and oxygen atoms in total. The number of carbonyl (C=O) groups excluding carboxylic acids is 3. The highest BCUT2D eigenvalue weighted by Gasteiger charge is 2.19. The van der Waals surface area contributed by atoms with Crippen LogP contribution in [-0.2, 0) is 14.3 Å². The Balaban J connectivity index is 1.87. The predicted molar refractivity (Wildman–Crippen MR) is 104 cm³/mol. The van der Waals surface area contributed by atoms with E-state index in [2.05, 4.69) is 10.6 Å². The number of rotatable bonds is 6. The van der Waals surface area contributed by atoms with Crippen molar-refractivity contribution < 1.29 is 19.1 Å². The van der Waals surface area contributed by atoms with Crippen molar-refractivity contribution in [3.63, 3.8) is 0 Å². The van der Waals surface area contributed by atoms with Crippen LogP contribution in [0.15, 0.2) is 42.5 Å². The van der Waals surface area contributed by atoms with E-state index in [1.54, 1.807) is 49.4 Å². The van der Waals surface area contributed by atoms with Crippen LogP contribution in [0.2, 0.25) is 10.0 Å². The average Bonchev–Trinajstić information content (AvgIpc) is 2.66. The molecule has 142 valence electrons. The molecule has 0 unspecified atom stereocenters. The Hall–Kier alpha value is -2.57. The average molecular weight is 409 g/mol. The first-order chi connectivity index (χ1) is 12.8. The Kier molecular flexibility index (Phi) is 7.21. The molecule has 2 amide bonds. The van der Waals surface area contributed by atoms with Gasteiger partial charge in [-0.2, -0.15) is 0 Å². The number of esters is 1. The van der Waals surface area contributed by atoms with Gasteiger partial charge in [-0.25, -0.2) is 4.79 Å². The fourth-order valence-corrected chi connectivity index (χ4v) is 2.60. The highest BCUT2D eigenvalue weighted by molar-refractivity contribution is 6.40. The van der Waals surface area contributed by atoms with Gasteiger partial charge in [-0.3, -0.25) is 9.59 Å². The maximum absolute atomic E-state index is 12.0. The molecule has 0 radical (unpaired) electrons. The van der Waals surface area contributed by atoms with E-state index in [0.717, 1.165) is 5.56 Å². The molecular formula is C19H18Cl2N2O4. The minimum atomic E-state index is -0.920. The van der Waals surface area contributed by atoms with Gasteiger partial charge >= 0.3 is 5.97 Å². The summed E-state index contributed by atoms with van der Waals surface area (Å²) < 4.78 is 4.93. The third-order valence-electron chi connectivity index (χ3n) is 3.63. The minimum Gasteiger partial charge on any atom is -0.454 e. The van der Waals surface area contributed by atoms with Crippen LogP contribution in [0, 0.1) is 6.92 Å². The first kappa shape index (κ1) is 20.7. The van der Waals surface area contributed by atoms with Gasteiger partial charge in [0.2, 0.25) is 0 Å². The maximum atomic E-state index is 12.0. The Morgan fingerprint density at radius 1 is 1.07 bits per heavy atom. The Bertz CT molecular complexity index is 856. The van der Waals surface area contributed by atoms with E-state index in [-0.39, 0.29) is 10.7 Å². The summed E-state index contributed by atoms with van der Waals surface area (Å²) in [5.74, 6) is -1.75. The van der Waals surface area contributed by atoms with Crippen molar-refractivity contribution >= 4 is 46.7 Å². The van der Waals surface area contributed by atoms with Crippen LogP contribution in [0.4, 0.5) is 5.69 Å². The quantitative estimate of drug-likeness (QED) is 0.714. The Morgan fingerprint density at radius 3 is 2.41 bits per heavy atom. The largest absolute Gasteiger partial charge is 0.454 e. The van der Waals surface area contributed by atoms with Gasteiger partial charge in [-0.15, -0.1) is 0 Å². The summed E-state index contributed by atoms with van der Waals surface area (Å²) >= 11 is 12.1. The van der Waals surface area contributed by atoms with Crippen molar-refractivity contribution in [1.82, 2.24) is 5.32 Å².